The van der Waals surface area contributed by atoms with Gasteiger partial charge in [0.1, 0.15) is 5.76 Å². The van der Waals surface area contributed by atoms with Crippen molar-refractivity contribution < 1.29 is 4.74 Å². The van der Waals surface area contributed by atoms with E-state index >= 15 is 0 Å². The maximum atomic E-state index is 5.63. The summed E-state index contributed by atoms with van der Waals surface area (Å²) in [6.07, 6.45) is 0. The Morgan fingerprint density at radius 2 is 1.83 bits per heavy atom. The van der Waals surface area contributed by atoms with Crippen LogP contribution >= 0.6 is 0 Å². The first-order valence-electron chi connectivity index (χ1n) is 3.81. The zero-order valence-corrected chi connectivity index (χ0v) is 7.37. The van der Waals surface area contributed by atoms with Crippen molar-refractivity contribution in [1.29, 1.82) is 0 Å². The average molecular weight is 163 g/mol. The SMILES string of the molecule is CO/C(=C(\C)N)c1ccccc1. The highest BCUT2D eigenvalue weighted by molar-refractivity contribution is 5.61. The zero-order chi connectivity index (χ0) is 8.97. The molecule has 0 aliphatic rings. The van der Waals surface area contributed by atoms with E-state index in [0.29, 0.717) is 5.70 Å². The molecule has 0 amide bonds. The molecule has 64 valence electrons. The van der Waals surface area contributed by atoms with Crippen LogP contribution in [0.3, 0.4) is 0 Å². The van der Waals surface area contributed by atoms with Gasteiger partial charge in [-0.1, -0.05) is 30.3 Å². The minimum absolute atomic E-state index is 0.698. The first-order valence-corrected chi connectivity index (χ1v) is 3.81. The Morgan fingerprint density at radius 3 is 2.25 bits per heavy atom. The van der Waals surface area contributed by atoms with Gasteiger partial charge in [0.05, 0.1) is 7.11 Å². The summed E-state index contributed by atoms with van der Waals surface area (Å²) in [4.78, 5) is 0. The number of rotatable bonds is 2. The minimum Gasteiger partial charge on any atom is -0.494 e. The summed E-state index contributed by atoms with van der Waals surface area (Å²) in [6.45, 7) is 1.83. The lowest BCUT2D eigenvalue weighted by atomic mass is 10.1. The van der Waals surface area contributed by atoms with Crippen molar-refractivity contribution >= 4 is 5.76 Å². The second kappa shape index (κ2) is 3.81. The zero-order valence-electron chi connectivity index (χ0n) is 7.37. The van der Waals surface area contributed by atoms with Crippen molar-refractivity contribution in [3.8, 4) is 0 Å². The van der Waals surface area contributed by atoms with E-state index < -0.39 is 0 Å². The Balaban J connectivity index is 3.05. The molecule has 0 radical (unpaired) electrons. The summed E-state index contributed by atoms with van der Waals surface area (Å²) in [7, 11) is 1.62. The summed E-state index contributed by atoms with van der Waals surface area (Å²) >= 11 is 0. The van der Waals surface area contributed by atoms with Gasteiger partial charge in [-0.15, -0.1) is 0 Å². The number of nitrogens with two attached hydrogens (primary N) is 1. The molecule has 0 aliphatic heterocycles. The third-order valence-electron chi connectivity index (χ3n) is 1.60. The van der Waals surface area contributed by atoms with Crippen LogP contribution in [-0.2, 0) is 4.74 Å². The van der Waals surface area contributed by atoms with Crippen molar-refractivity contribution in [1.82, 2.24) is 0 Å². The predicted octanol–water partition coefficient (Wildman–Crippen LogP) is 1.98. The van der Waals surface area contributed by atoms with Crippen LogP contribution in [0, 0.1) is 0 Å². The quantitative estimate of drug-likeness (QED) is 0.676. The Hall–Kier alpha value is -1.44. The van der Waals surface area contributed by atoms with Gasteiger partial charge in [-0.3, -0.25) is 0 Å². The molecule has 1 rings (SSSR count). The van der Waals surface area contributed by atoms with E-state index in [9.17, 15) is 0 Å². The molecular formula is C10H13NO. The fourth-order valence-corrected chi connectivity index (χ4v) is 1.10. The number of hydrogen-bond donors (Lipinski definition) is 1. The first-order chi connectivity index (χ1) is 5.75. The number of allylic oxidation sites excluding steroid dienone is 1. The maximum Gasteiger partial charge on any atom is 0.144 e. The highest BCUT2D eigenvalue weighted by Gasteiger charge is 2.01. The molecule has 12 heavy (non-hydrogen) atoms. The normalized spacial score (nSPS) is 12.2. The van der Waals surface area contributed by atoms with Gasteiger partial charge < -0.3 is 10.5 Å². The van der Waals surface area contributed by atoms with Crippen LogP contribution < -0.4 is 5.73 Å². The predicted molar refractivity (Wildman–Crippen MR) is 50.2 cm³/mol. The van der Waals surface area contributed by atoms with Gasteiger partial charge >= 0.3 is 0 Å². The van der Waals surface area contributed by atoms with Crippen LogP contribution in [0.4, 0.5) is 0 Å². The lowest BCUT2D eigenvalue weighted by Gasteiger charge is -2.07. The van der Waals surface area contributed by atoms with Crippen molar-refractivity contribution in [3.05, 3.63) is 41.6 Å². The van der Waals surface area contributed by atoms with Gasteiger partial charge in [-0.25, -0.2) is 0 Å². The Bertz CT molecular complexity index is 273. The van der Waals surface area contributed by atoms with E-state index in [1.54, 1.807) is 7.11 Å². The summed E-state index contributed by atoms with van der Waals surface area (Å²) in [5.41, 5.74) is 7.35. The van der Waals surface area contributed by atoms with E-state index in [4.69, 9.17) is 10.5 Å². The molecule has 0 saturated carbocycles. The van der Waals surface area contributed by atoms with Gasteiger partial charge in [0.25, 0.3) is 0 Å². The van der Waals surface area contributed by atoms with Crippen LogP contribution in [0.1, 0.15) is 12.5 Å². The van der Waals surface area contributed by atoms with Crippen LogP contribution in [-0.4, -0.2) is 7.11 Å². The van der Waals surface area contributed by atoms with Crippen LogP contribution in [0.25, 0.3) is 5.76 Å². The largest absolute Gasteiger partial charge is 0.494 e. The molecule has 0 atom stereocenters. The molecule has 0 aromatic heterocycles. The molecule has 0 heterocycles. The van der Waals surface area contributed by atoms with E-state index in [0.717, 1.165) is 11.3 Å². The second-order valence-electron chi connectivity index (χ2n) is 2.58. The van der Waals surface area contributed by atoms with Gasteiger partial charge in [0.2, 0.25) is 0 Å². The van der Waals surface area contributed by atoms with Crippen molar-refractivity contribution in [3.63, 3.8) is 0 Å². The third-order valence-corrected chi connectivity index (χ3v) is 1.60. The van der Waals surface area contributed by atoms with E-state index in [1.807, 2.05) is 37.3 Å². The minimum atomic E-state index is 0.698. The average Bonchev–Trinajstić information content (AvgIpc) is 2.07. The number of ether oxygens (including phenoxy) is 1. The van der Waals surface area contributed by atoms with Crippen molar-refractivity contribution in [2.75, 3.05) is 7.11 Å². The molecule has 2 nitrogen and oxygen atoms in total. The fraction of sp³-hybridized carbons (Fsp3) is 0.200. The molecule has 1 aromatic rings. The Labute approximate surface area is 72.7 Å². The number of hydrogen-bond acceptors (Lipinski definition) is 2. The smallest absolute Gasteiger partial charge is 0.144 e. The number of benzene rings is 1. The Morgan fingerprint density at radius 1 is 1.25 bits per heavy atom. The summed E-state index contributed by atoms with van der Waals surface area (Å²) in [6, 6.07) is 9.81. The van der Waals surface area contributed by atoms with Crippen LogP contribution in [0.2, 0.25) is 0 Å². The van der Waals surface area contributed by atoms with Crippen LogP contribution in [0.15, 0.2) is 36.0 Å². The maximum absolute atomic E-state index is 5.63. The molecule has 0 saturated heterocycles. The lowest BCUT2D eigenvalue weighted by Crippen LogP contribution is -1.99. The molecular weight excluding hydrogens is 150 g/mol. The topological polar surface area (TPSA) is 35.2 Å². The van der Waals surface area contributed by atoms with E-state index in [1.165, 1.54) is 0 Å². The fourth-order valence-electron chi connectivity index (χ4n) is 1.10. The van der Waals surface area contributed by atoms with Crippen LogP contribution in [0.5, 0.6) is 0 Å². The molecule has 0 spiro atoms. The van der Waals surface area contributed by atoms with Crippen molar-refractivity contribution in [2.24, 2.45) is 5.73 Å². The summed E-state index contributed by atoms with van der Waals surface area (Å²) in [5.74, 6) is 0.746. The van der Waals surface area contributed by atoms with Gasteiger partial charge in [0.15, 0.2) is 0 Å². The Kier molecular flexibility index (Phi) is 2.75. The summed E-state index contributed by atoms with van der Waals surface area (Å²) in [5, 5.41) is 0. The molecule has 1 aromatic carbocycles. The van der Waals surface area contributed by atoms with Crippen molar-refractivity contribution in [2.45, 2.75) is 6.92 Å². The van der Waals surface area contributed by atoms with Gasteiger partial charge in [-0.2, -0.15) is 0 Å². The molecule has 0 unspecified atom stereocenters. The highest BCUT2D eigenvalue weighted by Crippen LogP contribution is 2.15. The molecule has 0 fully saturated rings. The summed E-state index contributed by atoms with van der Waals surface area (Å²) < 4.78 is 5.15. The highest BCUT2D eigenvalue weighted by atomic mass is 16.5. The standard InChI is InChI=1S/C10H13NO/c1-8(11)10(12-2)9-6-4-3-5-7-9/h3-7H,11H2,1-2H3/b10-8+. The first kappa shape index (κ1) is 8.65. The third kappa shape index (κ3) is 1.78. The lowest BCUT2D eigenvalue weighted by molar-refractivity contribution is 0.366. The monoisotopic (exact) mass is 163 g/mol. The van der Waals surface area contributed by atoms with E-state index in [-0.39, 0.29) is 0 Å². The van der Waals surface area contributed by atoms with E-state index in [2.05, 4.69) is 0 Å². The second-order valence-corrected chi connectivity index (χ2v) is 2.58. The number of methoxy groups -OCH3 is 1. The van der Waals surface area contributed by atoms with Gasteiger partial charge in [-0.05, 0) is 6.92 Å². The van der Waals surface area contributed by atoms with Gasteiger partial charge in [0, 0.05) is 11.3 Å². The molecule has 0 aliphatic carbocycles. The molecule has 2 N–H and O–H groups in total. The molecule has 0 bridgehead atoms. The molecule has 2 heteroatoms.